The van der Waals surface area contributed by atoms with E-state index in [0.717, 1.165) is 23.9 Å². The molecule has 1 aromatic heterocycles. The van der Waals surface area contributed by atoms with Gasteiger partial charge in [-0.2, -0.15) is 0 Å². The van der Waals surface area contributed by atoms with E-state index in [2.05, 4.69) is 25.9 Å². The number of benzene rings is 1. The molecule has 1 aliphatic carbocycles. The number of amides is 3. The molecule has 7 heteroatoms. The number of imidazole rings is 1. The van der Waals surface area contributed by atoms with Crippen molar-refractivity contribution in [3.05, 3.63) is 24.3 Å². The third-order valence-corrected chi connectivity index (χ3v) is 4.45. The van der Waals surface area contributed by atoms with Crippen molar-refractivity contribution in [2.75, 3.05) is 11.9 Å². The molecule has 1 aliphatic rings. The molecule has 4 N–H and O–H groups in total. The fraction of sp³-hybridized carbons (Fsp3) is 0.500. The van der Waals surface area contributed by atoms with Gasteiger partial charge in [-0.3, -0.25) is 10.1 Å². The van der Waals surface area contributed by atoms with Crippen LogP contribution >= 0.6 is 0 Å². The van der Waals surface area contributed by atoms with Crippen LogP contribution < -0.4 is 16.0 Å². The summed E-state index contributed by atoms with van der Waals surface area (Å²) in [6.07, 6.45) is 6.69. The molecule has 1 fully saturated rings. The molecule has 7 nitrogen and oxygen atoms in total. The molecule has 1 aromatic carbocycles. The molecule has 3 amide bonds. The van der Waals surface area contributed by atoms with E-state index >= 15 is 0 Å². The highest BCUT2D eigenvalue weighted by molar-refractivity contribution is 5.91. The summed E-state index contributed by atoms with van der Waals surface area (Å²) < 4.78 is 0. The van der Waals surface area contributed by atoms with Crippen molar-refractivity contribution >= 4 is 28.9 Å². The second-order valence-electron chi connectivity index (χ2n) is 6.49. The number of para-hydroxylation sites is 2. The van der Waals surface area contributed by atoms with Crippen molar-refractivity contribution < 1.29 is 9.59 Å². The zero-order valence-corrected chi connectivity index (χ0v) is 14.3. The fourth-order valence-electron chi connectivity index (χ4n) is 3.14. The van der Waals surface area contributed by atoms with Crippen LogP contribution in [0.15, 0.2) is 24.3 Å². The zero-order chi connectivity index (χ0) is 17.5. The average Bonchev–Trinajstić information content (AvgIpc) is 3.02. The molecule has 0 radical (unpaired) electrons. The standard InChI is InChI=1S/C18H25N5O2/c24-16(23-17-21-14-9-4-5-10-15(14)22-17)11-6-12-19-18(25)20-13-7-2-1-3-8-13/h4-5,9-10,13H,1-3,6-8,11-12H2,(H2,19,20,25)(H2,21,22,23,24). The zero-order valence-electron chi connectivity index (χ0n) is 14.3. The monoisotopic (exact) mass is 343 g/mol. The second-order valence-corrected chi connectivity index (χ2v) is 6.49. The van der Waals surface area contributed by atoms with Crippen LogP contribution in [-0.4, -0.2) is 34.5 Å². The van der Waals surface area contributed by atoms with Crippen LogP contribution in [0, 0.1) is 0 Å². The Hall–Kier alpha value is -2.57. The molecule has 1 heterocycles. The van der Waals surface area contributed by atoms with E-state index in [1.54, 1.807) is 0 Å². The molecule has 3 rings (SSSR count). The van der Waals surface area contributed by atoms with Crippen LogP contribution in [0.5, 0.6) is 0 Å². The Labute approximate surface area is 147 Å². The summed E-state index contributed by atoms with van der Waals surface area (Å²) in [7, 11) is 0. The number of H-pyrrole nitrogens is 1. The summed E-state index contributed by atoms with van der Waals surface area (Å²) in [6, 6.07) is 7.77. The number of urea groups is 1. The van der Waals surface area contributed by atoms with Gasteiger partial charge >= 0.3 is 6.03 Å². The molecule has 2 aromatic rings. The number of anilines is 1. The molecule has 0 atom stereocenters. The Balaban J connectivity index is 1.33. The first-order chi connectivity index (χ1) is 12.2. The van der Waals surface area contributed by atoms with Gasteiger partial charge in [0.2, 0.25) is 11.9 Å². The molecule has 0 aliphatic heterocycles. The van der Waals surface area contributed by atoms with Gasteiger partial charge in [0, 0.05) is 19.0 Å². The van der Waals surface area contributed by atoms with Gasteiger partial charge in [0.25, 0.3) is 0 Å². The van der Waals surface area contributed by atoms with E-state index in [4.69, 9.17) is 0 Å². The minimum absolute atomic E-state index is 0.117. The first kappa shape index (κ1) is 17.3. The van der Waals surface area contributed by atoms with Gasteiger partial charge in [-0.15, -0.1) is 0 Å². The number of hydrogen-bond donors (Lipinski definition) is 4. The van der Waals surface area contributed by atoms with Crippen molar-refractivity contribution in [1.29, 1.82) is 0 Å². The highest BCUT2D eigenvalue weighted by Crippen LogP contribution is 2.17. The summed E-state index contributed by atoms with van der Waals surface area (Å²) in [5.41, 5.74) is 1.71. The minimum atomic E-state index is -0.135. The number of rotatable bonds is 6. The van der Waals surface area contributed by atoms with Crippen LogP contribution in [0.3, 0.4) is 0 Å². The van der Waals surface area contributed by atoms with E-state index in [9.17, 15) is 9.59 Å². The third-order valence-electron chi connectivity index (χ3n) is 4.45. The van der Waals surface area contributed by atoms with Gasteiger partial charge in [-0.25, -0.2) is 9.78 Å². The van der Waals surface area contributed by atoms with Crippen LogP contribution in [0.25, 0.3) is 11.0 Å². The Morgan fingerprint density at radius 1 is 1.16 bits per heavy atom. The maximum Gasteiger partial charge on any atom is 0.315 e. The number of nitrogens with zero attached hydrogens (tertiary/aromatic N) is 1. The molecule has 0 bridgehead atoms. The van der Waals surface area contributed by atoms with Gasteiger partial charge < -0.3 is 15.6 Å². The van der Waals surface area contributed by atoms with Crippen molar-refractivity contribution in [2.24, 2.45) is 0 Å². The molecule has 0 spiro atoms. The van der Waals surface area contributed by atoms with E-state index in [0.29, 0.717) is 31.4 Å². The number of carbonyl (C=O) groups excluding carboxylic acids is 2. The number of carbonyl (C=O) groups is 2. The van der Waals surface area contributed by atoms with E-state index in [1.807, 2.05) is 24.3 Å². The van der Waals surface area contributed by atoms with Crippen LogP contribution in [0.1, 0.15) is 44.9 Å². The number of hydrogen-bond acceptors (Lipinski definition) is 3. The fourth-order valence-corrected chi connectivity index (χ4v) is 3.14. The maximum atomic E-state index is 12.0. The van der Waals surface area contributed by atoms with Crippen molar-refractivity contribution in [1.82, 2.24) is 20.6 Å². The molecule has 25 heavy (non-hydrogen) atoms. The number of aromatic amines is 1. The minimum Gasteiger partial charge on any atom is -0.338 e. The Morgan fingerprint density at radius 3 is 2.76 bits per heavy atom. The topological polar surface area (TPSA) is 98.9 Å². The molecule has 0 unspecified atom stereocenters. The van der Waals surface area contributed by atoms with Crippen LogP contribution in [0.2, 0.25) is 0 Å². The quantitative estimate of drug-likeness (QED) is 0.607. The van der Waals surface area contributed by atoms with Gasteiger partial charge in [-0.05, 0) is 31.4 Å². The lowest BCUT2D eigenvalue weighted by molar-refractivity contribution is -0.116. The Morgan fingerprint density at radius 2 is 1.96 bits per heavy atom. The van der Waals surface area contributed by atoms with Gasteiger partial charge in [-0.1, -0.05) is 31.4 Å². The van der Waals surface area contributed by atoms with E-state index < -0.39 is 0 Å². The van der Waals surface area contributed by atoms with Gasteiger partial charge in [0.1, 0.15) is 0 Å². The molecular weight excluding hydrogens is 318 g/mol. The molecule has 0 saturated heterocycles. The lowest BCUT2D eigenvalue weighted by Gasteiger charge is -2.22. The third kappa shape index (κ3) is 5.20. The molecular formula is C18H25N5O2. The van der Waals surface area contributed by atoms with E-state index in [-0.39, 0.29) is 11.9 Å². The van der Waals surface area contributed by atoms with E-state index in [1.165, 1.54) is 19.3 Å². The highest BCUT2D eigenvalue weighted by Gasteiger charge is 2.15. The molecule has 134 valence electrons. The lowest BCUT2D eigenvalue weighted by atomic mass is 9.96. The number of fused-ring (bicyclic) bond motifs is 1. The predicted molar refractivity (Wildman–Crippen MR) is 97.4 cm³/mol. The smallest absolute Gasteiger partial charge is 0.315 e. The van der Waals surface area contributed by atoms with Crippen molar-refractivity contribution in [2.45, 2.75) is 51.0 Å². The Bertz CT molecular complexity index is 688. The first-order valence-electron chi connectivity index (χ1n) is 9.00. The summed E-state index contributed by atoms with van der Waals surface area (Å²) in [4.78, 5) is 31.1. The number of aromatic nitrogens is 2. The second kappa shape index (κ2) is 8.50. The Kier molecular flexibility index (Phi) is 5.87. The maximum absolute atomic E-state index is 12.0. The average molecular weight is 343 g/mol. The molecule has 1 saturated carbocycles. The summed E-state index contributed by atoms with van der Waals surface area (Å²) in [6.45, 7) is 0.478. The SMILES string of the molecule is O=C(CCCNC(=O)NC1CCCCC1)Nc1nc2ccccc2[nH]1. The highest BCUT2D eigenvalue weighted by atomic mass is 16.2. The predicted octanol–water partition coefficient (Wildman–Crippen LogP) is 2.91. The van der Waals surface area contributed by atoms with Crippen LogP contribution in [0.4, 0.5) is 10.7 Å². The first-order valence-corrected chi connectivity index (χ1v) is 9.00. The van der Waals surface area contributed by atoms with Gasteiger partial charge in [0.05, 0.1) is 11.0 Å². The summed E-state index contributed by atoms with van der Waals surface area (Å²) in [5.74, 6) is 0.336. The number of nitrogens with one attached hydrogen (secondary N) is 4. The lowest BCUT2D eigenvalue weighted by Crippen LogP contribution is -2.43. The van der Waals surface area contributed by atoms with Crippen LogP contribution in [-0.2, 0) is 4.79 Å². The summed E-state index contributed by atoms with van der Waals surface area (Å²) in [5, 5.41) is 8.56. The van der Waals surface area contributed by atoms with Crippen molar-refractivity contribution in [3.63, 3.8) is 0 Å². The largest absolute Gasteiger partial charge is 0.338 e. The normalized spacial score (nSPS) is 15.0. The summed E-state index contributed by atoms with van der Waals surface area (Å²) >= 11 is 0. The van der Waals surface area contributed by atoms with Gasteiger partial charge in [0.15, 0.2) is 0 Å². The van der Waals surface area contributed by atoms with Crippen molar-refractivity contribution in [3.8, 4) is 0 Å².